The molecular formula is C10H12F3N2O8P. The maximum absolute atomic E-state index is 12.5. The molecule has 136 valence electrons. The number of nitro groups is 2. The molecule has 10 nitrogen and oxygen atoms in total. The topological polar surface area (TPSA) is 153 Å². The second-order valence-electron chi connectivity index (χ2n) is 4.16. The zero-order chi connectivity index (χ0) is 19.1. The van der Waals surface area contributed by atoms with Crippen molar-refractivity contribution in [3.05, 3.63) is 55.9 Å². The molecule has 0 rings (SSSR count). The second kappa shape index (κ2) is 8.68. The Morgan fingerprint density at radius 2 is 1.79 bits per heavy atom. The van der Waals surface area contributed by atoms with Gasteiger partial charge >= 0.3 is 14.0 Å². The number of allylic oxidation sites excluding steroid dienone is 2. The number of alkyl halides is 3. The zero-order valence-corrected chi connectivity index (χ0v) is 12.7. The molecule has 0 radical (unpaired) electrons. The Morgan fingerprint density at radius 1 is 1.25 bits per heavy atom. The highest BCUT2D eigenvalue weighted by molar-refractivity contribution is 7.46. The monoisotopic (exact) mass is 376 g/mol. The summed E-state index contributed by atoms with van der Waals surface area (Å²) in [6.45, 7) is 1.71. The van der Waals surface area contributed by atoms with Gasteiger partial charge in [0.05, 0.1) is 29.3 Å². The van der Waals surface area contributed by atoms with E-state index < -0.39 is 60.3 Å². The SMILES string of the molecule is C=C/C(=C\C/C(=C(/COP(=O)(O)O)CC(F)(F)F)[N+](=O)[O-])[N+](=O)[O-]. The molecule has 0 aliphatic heterocycles. The summed E-state index contributed by atoms with van der Waals surface area (Å²) in [7, 11) is -5.18. The van der Waals surface area contributed by atoms with Crippen molar-refractivity contribution in [3.63, 3.8) is 0 Å². The van der Waals surface area contributed by atoms with Crippen LogP contribution in [0, 0.1) is 20.2 Å². The number of halogens is 3. The van der Waals surface area contributed by atoms with E-state index in [2.05, 4.69) is 11.1 Å². The fourth-order valence-electron chi connectivity index (χ4n) is 1.42. The van der Waals surface area contributed by atoms with Crippen LogP contribution in [0.25, 0.3) is 0 Å². The van der Waals surface area contributed by atoms with Gasteiger partial charge in [0.25, 0.3) is 11.4 Å². The number of rotatable bonds is 9. The third kappa shape index (κ3) is 9.15. The Labute approximate surface area is 132 Å². The summed E-state index contributed by atoms with van der Waals surface area (Å²) < 4.78 is 51.9. The van der Waals surface area contributed by atoms with Crippen molar-refractivity contribution < 1.29 is 41.9 Å². The number of hydrogen-bond acceptors (Lipinski definition) is 6. The van der Waals surface area contributed by atoms with Crippen molar-refractivity contribution in [1.82, 2.24) is 0 Å². The van der Waals surface area contributed by atoms with Gasteiger partial charge in [-0.15, -0.1) is 0 Å². The number of phosphoric ester groups is 1. The highest BCUT2D eigenvalue weighted by atomic mass is 31.2. The largest absolute Gasteiger partial charge is 0.469 e. The maximum Gasteiger partial charge on any atom is 0.469 e. The lowest BCUT2D eigenvalue weighted by atomic mass is 10.1. The Balaban J connectivity index is 5.81. The molecule has 0 heterocycles. The lowest BCUT2D eigenvalue weighted by Crippen LogP contribution is -2.16. The molecule has 0 amide bonds. The molecule has 0 aromatic carbocycles. The molecule has 0 aromatic rings. The van der Waals surface area contributed by atoms with Crippen molar-refractivity contribution in [2.24, 2.45) is 0 Å². The molecule has 0 aliphatic carbocycles. The Bertz CT molecular complexity index is 622. The van der Waals surface area contributed by atoms with Crippen molar-refractivity contribution in [2.75, 3.05) is 6.61 Å². The summed E-state index contributed by atoms with van der Waals surface area (Å²) in [5, 5.41) is 21.5. The summed E-state index contributed by atoms with van der Waals surface area (Å²) in [5.74, 6) is 0. The van der Waals surface area contributed by atoms with Crippen LogP contribution < -0.4 is 0 Å². The Morgan fingerprint density at radius 3 is 2.12 bits per heavy atom. The minimum absolute atomic E-state index is 0.652. The first-order chi connectivity index (χ1) is 10.8. The molecule has 14 heteroatoms. The van der Waals surface area contributed by atoms with Gasteiger partial charge in [-0.2, -0.15) is 13.2 Å². The number of nitrogens with zero attached hydrogens (tertiary/aromatic N) is 2. The smallest absolute Gasteiger partial charge is 0.303 e. The highest BCUT2D eigenvalue weighted by Crippen LogP contribution is 2.38. The van der Waals surface area contributed by atoms with Crippen LogP contribution in [0.2, 0.25) is 0 Å². The van der Waals surface area contributed by atoms with E-state index in [9.17, 15) is 38.0 Å². The predicted octanol–water partition coefficient (Wildman–Crippen LogP) is 2.32. The Hall–Kier alpha value is -2.08. The van der Waals surface area contributed by atoms with E-state index in [0.717, 1.165) is 6.08 Å². The van der Waals surface area contributed by atoms with Crippen LogP contribution in [-0.2, 0) is 9.09 Å². The van der Waals surface area contributed by atoms with Gasteiger partial charge in [0, 0.05) is 17.7 Å². The summed E-state index contributed by atoms with van der Waals surface area (Å²) >= 11 is 0. The van der Waals surface area contributed by atoms with E-state index in [1.807, 2.05) is 0 Å². The van der Waals surface area contributed by atoms with Crippen molar-refractivity contribution in [1.29, 1.82) is 0 Å². The number of phosphoric acid groups is 1. The van der Waals surface area contributed by atoms with Crippen LogP contribution in [0.3, 0.4) is 0 Å². The second-order valence-corrected chi connectivity index (χ2v) is 5.40. The maximum atomic E-state index is 12.5. The predicted molar refractivity (Wildman–Crippen MR) is 72.6 cm³/mol. The van der Waals surface area contributed by atoms with E-state index in [1.54, 1.807) is 0 Å². The lowest BCUT2D eigenvalue weighted by Gasteiger charge is -2.12. The molecular weight excluding hydrogens is 364 g/mol. The van der Waals surface area contributed by atoms with Crippen LogP contribution in [0.15, 0.2) is 35.7 Å². The van der Waals surface area contributed by atoms with E-state index in [-0.39, 0.29) is 0 Å². The van der Waals surface area contributed by atoms with Crippen molar-refractivity contribution in [3.8, 4) is 0 Å². The van der Waals surface area contributed by atoms with Gasteiger partial charge in [-0.25, -0.2) is 4.57 Å². The molecule has 0 aliphatic rings. The fourth-order valence-corrected chi connectivity index (χ4v) is 1.75. The first kappa shape index (κ1) is 21.9. The summed E-state index contributed by atoms with van der Waals surface area (Å²) in [4.78, 5) is 36.3. The van der Waals surface area contributed by atoms with Gasteiger partial charge in [-0.05, 0) is 0 Å². The quantitative estimate of drug-likeness (QED) is 0.269. The van der Waals surface area contributed by atoms with Gasteiger partial charge < -0.3 is 9.79 Å². The van der Waals surface area contributed by atoms with Gasteiger partial charge in [0.2, 0.25) is 0 Å². The lowest BCUT2D eigenvalue weighted by molar-refractivity contribution is -0.430. The molecule has 24 heavy (non-hydrogen) atoms. The molecule has 0 spiro atoms. The first-order valence-electron chi connectivity index (χ1n) is 5.86. The third-order valence-electron chi connectivity index (χ3n) is 2.37. The fraction of sp³-hybridized carbons (Fsp3) is 0.400. The molecule has 2 N–H and O–H groups in total. The van der Waals surface area contributed by atoms with Gasteiger partial charge in [-0.3, -0.25) is 24.8 Å². The average molecular weight is 376 g/mol. The van der Waals surface area contributed by atoms with E-state index >= 15 is 0 Å². The van der Waals surface area contributed by atoms with Crippen LogP contribution >= 0.6 is 7.82 Å². The first-order valence-corrected chi connectivity index (χ1v) is 7.39. The van der Waals surface area contributed by atoms with E-state index in [0.29, 0.717) is 6.08 Å². The molecule has 0 fully saturated rings. The van der Waals surface area contributed by atoms with E-state index in [4.69, 9.17) is 9.79 Å². The summed E-state index contributed by atoms with van der Waals surface area (Å²) in [6.07, 6.45) is -6.32. The molecule has 0 unspecified atom stereocenters. The van der Waals surface area contributed by atoms with Crippen LogP contribution in [0.5, 0.6) is 0 Å². The van der Waals surface area contributed by atoms with Crippen molar-refractivity contribution in [2.45, 2.75) is 19.0 Å². The van der Waals surface area contributed by atoms with Crippen LogP contribution in [-0.4, -0.2) is 32.4 Å². The molecule has 0 saturated heterocycles. The summed E-state index contributed by atoms with van der Waals surface area (Å²) in [6, 6.07) is 0. The minimum atomic E-state index is -5.18. The molecule has 0 saturated carbocycles. The minimum Gasteiger partial charge on any atom is -0.303 e. The average Bonchev–Trinajstić information content (AvgIpc) is 2.37. The zero-order valence-electron chi connectivity index (χ0n) is 11.8. The van der Waals surface area contributed by atoms with Gasteiger partial charge in [0.1, 0.15) is 0 Å². The molecule has 0 aromatic heterocycles. The molecule has 0 bridgehead atoms. The van der Waals surface area contributed by atoms with Crippen LogP contribution in [0.4, 0.5) is 13.2 Å². The van der Waals surface area contributed by atoms with Crippen molar-refractivity contribution >= 4 is 7.82 Å². The summed E-state index contributed by atoms with van der Waals surface area (Å²) in [5.41, 5.74) is -2.88. The number of hydrogen-bond donors (Lipinski definition) is 2. The molecule has 0 atom stereocenters. The standard InChI is InChI=1S/C10H12F3N2O8P/c1-2-8(14(16)17)3-4-9(15(18)19)7(5-10(11,12)13)6-23-24(20,21)22/h2-3H,1,4-6H2,(H2,20,21,22)/b8-3+,9-7-. The Kier molecular flexibility index (Phi) is 7.93. The highest BCUT2D eigenvalue weighted by Gasteiger charge is 2.34. The van der Waals surface area contributed by atoms with Gasteiger partial charge in [0.15, 0.2) is 0 Å². The van der Waals surface area contributed by atoms with Crippen LogP contribution in [0.1, 0.15) is 12.8 Å². The normalized spacial score (nSPS) is 14.1. The third-order valence-corrected chi connectivity index (χ3v) is 2.84. The van der Waals surface area contributed by atoms with Gasteiger partial charge in [-0.1, -0.05) is 6.58 Å². The van der Waals surface area contributed by atoms with E-state index in [1.165, 1.54) is 0 Å².